The second-order valence-electron chi connectivity index (χ2n) is 2.97. The van der Waals surface area contributed by atoms with Crippen molar-refractivity contribution in [2.24, 2.45) is 0 Å². The van der Waals surface area contributed by atoms with Crippen molar-refractivity contribution in [3.63, 3.8) is 0 Å². The maximum Gasteiger partial charge on any atom is 0.204 e. The number of hydrogen-bond acceptors (Lipinski definition) is 2. The van der Waals surface area contributed by atoms with E-state index < -0.39 is 0 Å². The molecule has 0 aliphatic carbocycles. The molecule has 0 fully saturated rings. The number of benzene rings is 1. The highest BCUT2D eigenvalue weighted by atomic mass is 32.1. The molecule has 0 amide bonds. The van der Waals surface area contributed by atoms with E-state index in [1.54, 1.807) is 0 Å². The van der Waals surface area contributed by atoms with E-state index >= 15 is 0 Å². The number of aromatic amines is 1. The summed E-state index contributed by atoms with van der Waals surface area (Å²) in [6.45, 7) is 0.564. The maximum absolute atomic E-state index is 5.53. The third-order valence-electron chi connectivity index (χ3n) is 1.91. The highest BCUT2D eigenvalue weighted by molar-refractivity contribution is 7.80. The van der Waals surface area contributed by atoms with Crippen molar-refractivity contribution in [3.05, 3.63) is 48.2 Å². The van der Waals surface area contributed by atoms with Crippen LogP contribution in [0.4, 0.5) is 0 Å². The van der Waals surface area contributed by atoms with E-state index in [0.29, 0.717) is 6.61 Å². The number of ether oxygens (including phenoxy) is 1. The number of aromatic nitrogens is 1. The molecule has 1 N–H and O–H groups in total. The summed E-state index contributed by atoms with van der Waals surface area (Å²) in [5.41, 5.74) is 1.15. The van der Waals surface area contributed by atoms with E-state index in [-0.39, 0.29) is 0 Å². The van der Waals surface area contributed by atoms with Crippen LogP contribution < -0.4 is 4.74 Å². The first-order chi connectivity index (χ1) is 6.86. The number of hydrogen-bond donors (Lipinski definition) is 2. The monoisotopic (exact) mass is 205 g/mol. The van der Waals surface area contributed by atoms with Crippen LogP contribution in [0.1, 0.15) is 5.56 Å². The lowest BCUT2D eigenvalue weighted by Crippen LogP contribution is -1.95. The second-order valence-corrected chi connectivity index (χ2v) is 3.45. The van der Waals surface area contributed by atoms with Crippen LogP contribution in [-0.2, 0) is 6.61 Å². The van der Waals surface area contributed by atoms with E-state index in [0.717, 1.165) is 16.3 Å². The molecular formula is C11H11NOS. The van der Waals surface area contributed by atoms with Gasteiger partial charge < -0.3 is 9.72 Å². The van der Waals surface area contributed by atoms with Gasteiger partial charge in [-0.25, -0.2) is 0 Å². The summed E-state index contributed by atoms with van der Waals surface area (Å²) in [5.74, 6) is 0.720. The van der Waals surface area contributed by atoms with Crippen LogP contribution in [0.5, 0.6) is 5.88 Å². The predicted molar refractivity (Wildman–Crippen MR) is 58.8 cm³/mol. The number of nitrogens with one attached hydrogen (secondary N) is 1. The van der Waals surface area contributed by atoms with Gasteiger partial charge in [0, 0.05) is 6.20 Å². The molecule has 1 aromatic heterocycles. The molecule has 0 saturated heterocycles. The average Bonchev–Trinajstić information content (AvgIpc) is 2.63. The van der Waals surface area contributed by atoms with Gasteiger partial charge in [-0.15, -0.1) is 12.6 Å². The van der Waals surface area contributed by atoms with Gasteiger partial charge >= 0.3 is 0 Å². The van der Waals surface area contributed by atoms with Gasteiger partial charge in [-0.05, 0) is 11.6 Å². The van der Waals surface area contributed by atoms with Gasteiger partial charge in [-0.2, -0.15) is 0 Å². The van der Waals surface area contributed by atoms with Crippen LogP contribution in [0, 0.1) is 0 Å². The Morgan fingerprint density at radius 3 is 2.57 bits per heavy atom. The van der Waals surface area contributed by atoms with Crippen LogP contribution in [0.15, 0.2) is 47.5 Å². The van der Waals surface area contributed by atoms with Crippen LogP contribution in [0.25, 0.3) is 0 Å². The molecule has 0 radical (unpaired) electrons. The van der Waals surface area contributed by atoms with E-state index in [2.05, 4.69) is 17.6 Å². The molecule has 72 valence electrons. The van der Waals surface area contributed by atoms with E-state index in [1.807, 2.05) is 42.6 Å². The van der Waals surface area contributed by atoms with Crippen LogP contribution in [0.3, 0.4) is 0 Å². The third-order valence-corrected chi connectivity index (χ3v) is 2.27. The first kappa shape index (κ1) is 9.21. The van der Waals surface area contributed by atoms with Gasteiger partial charge in [-0.3, -0.25) is 0 Å². The lowest BCUT2D eigenvalue weighted by Gasteiger charge is -2.04. The van der Waals surface area contributed by atoms with E-state index in [9.17, 15) is 0 Å². The molecule has 0 atom stereocenters. The van der Waals surface area contributed by atoms with E-state index in [4.69, 9.17) is 4.74 Å². The Hall–Kier alpha value is -1.35. The van der Waals surface area contributed by atoms with Crippen molar-refractivity contribution in [1.29, 1.82) is 0 Å². The lowest BCUT2D eigenvalue weighted by atomic mass is 10.2. The topological polar surface area (TPSA) is 25.0 Å². The molecule has 0 saturated carbocycles. The Labute approximate surface area is 88.3 Å². The quantitative estimate of drug-likeness (QED) is 0.740. The SMILES string of the molecule is Sc1cc[nH]c1OCc1ccccc1. The molecule has 0 aliphatic rings. The van der Waals surface area contributed by atoms with Crippen molar-refractivity contribution in [1.82, 2.24) is 4.98 Å². The van der Waals surface area contributed by atoms with Gasteiger partial charge in [0.2, 0.25) is 5.88 Å². The Balaban J connectivity index is 1.99. The average molecular weight is 205 g/mol. The Kier molecular flexibility index (Phi) is 2.79. The molecule has 2 aromatic rings. The smallest absolute Gasteiger partial charge is 0.204 e. The van der Waals surface area contributed by atoms with Crippen molar-refractivity contribution in [2.75, 3.05) is 0 Å². The zero-order valence-corrected chi connectivity index (χ0v) is 8.50. The van der Waals surface area contributed by atoms with Crippen molar-refractivity contribution >= 4 is 12.6 Å². The highest BCUT2D eigenvalue weighted by Gasteiger charge is 2.00. The van der Waals surface area contributed by atoms with Gasteiger partial charge in [0.15, 0.2) is 0 Å². The first-order valence-electron chi connectivity index (χ1n) is 4.39. The Bertz CT molecular complexity index is 397. The molecule has 0 spiro atoms. The summed E-state index contributed by atoms with van der Waals surface area (Å²) in [6, 6.07) is 11.9. The zero-order valence-electron chi connectivity index (χ0n) is 7.60. The molecule has 0 aliphatic heterocycles. The molecule has 0 bridgehead atoms. The molecular weight excluding hydrogens is 194 g/mol. The second kappa shape index (κ2) is 4.24. The summed E-state index contributed by atoms with van der Waals surface area (Å²) in [4.78, 5) is 3.81. The van der Waals surface area contributed by atoms with Crippen molar-refractivity contribution < 1.29 is 4.74 Å². The molecule has 2 nitrogen and oxygen atoms in total. The van der Waals surface area contributed by atoms with Crippen molar-refractivity contribution in [2.45, 2.75) is 11.5 Å². The third kappa shape index (κ3) is 2.12. The van der Waals surface area contributed by atoms with Crippen LogP contribution >= 0.6 is 12.6 Å². The Morgan fingerprint density at radius 1 is 1.14 bits per heavy atom. The fourth-order valence-corrected chi connectivity index (χ4v) is 1.39. The standard InChI is InChI=1S/C11H11NOS/c14-10-6-7-12-11(10)13-8-9-4-2-1-3-5-9/h1-7,12,14H,8H2. The summed E-state index contributed by atoms with van der Waals surface area (Å²) < 4.78 is 5.53. The summed E-state index contributed by atoms with van der Waals surface area (Å²) in [5, 5.41) is 0. The maximum atomic E-state index is 5.53. The number of thiol groups is 1. The van der Waals surface area contributed by atoms with Crippen LogP contribution in [-0.4, -0.2) is 4.98 Å². The van der Waals surface area contributed by atoms with Crippen molar-refractivity contribution in [3.8, 4) is 5.88 Å². The van der Waals surface area contributed by atoms with Gasteiger partial charge in [0.1, 0.15) is 6.61 Å². The fraction of sp³-hybridized carbons (Fsp3) is 0.0909. The largest absolute Gasteiger partial charge is 0.473 e. The summed E-state index contributed by atoms with van der Waals surface area (Å²) in [7, 11) is 0. The minimum Gasteiger partial charge on any atom is -0.473 e. The summed E-state index contributed by atoms with van der Waals surface area (Å²) in [6.07, 6.45) is 1.81. The molecule has 2 rings (SSSR count). The molecule has 14 heavy (non-hydrogen) atoms. The minimum atomic E-state index is 0.564. The number of rotatable bonds is 3. The van der Waals surface area contributed by atoms with Crippen LogP contribution in [0.2, 0.25) is 0 Å². The fourth-order valence-electron chi connectivity index (χ4n) is 1.19. The molecule has 0 unspecified atom stereocenters. The highest BCUT2D eigenvalue weighted by Crippen LogP contribution is 2.20. The minimum absolute atomic E-state index is 0.564. The zero-order chi connectivity index (χ0) is 9.80. The van der Waals surface area contributed by atoms with Gasteiger partial charge in [-0.1, -0.05) is 30.3 Å². The molecule has 1 heterocycles. The van der Waals surface area contributed by atoms with Gasteiger partial charge in [0.25, 0.3) is 0 Å². The predicted octanol–water partition coefficient (Wildman–Crippen LogP) is 2.88. The Morgan fingerprint density at radius 2 is 1.93 bits per heavy atom. The molecule has 3 heteroatoms. The lowest BCUT2D eigenvalue weighted by molar-refractivity contribution is 0.288. The number of H-pyrrole nitrogens is 1. The van der Waals surface area contributed by atoms with E-state index in [1.165, 1.54) is 0 Å². The molecule has 1 aromatic carbocycles. The summed E-state index contributed by atoms with van der Waals surface area (Å²) >= 11 is 4.24. The van der Waals surface area contributed by atoms with Gasteiger partial charge in [0.05, 0.1) is 4.90 Å². The first-order valence-corrected chi connectivity index (χ1v) is 4.84. The normalized spacial score (nSPS) is 10.1.